The van der Waals surface area contributed by atoms with Gasteiger partial charge in [0, 0.05) is 18.0 Å². The van der Waals surface area contributed by atoms with Gasteiger partial charge in [0.2, 0.25) is 5.76 Å². The fraction of sp³-hybridized carbons (Fsp3) is 0.688. The molecule has 1 aromatic rings. The van der Waals surface area contributed by atoms with Gasteiger partial charge in [0.05, 0.1) is 5.69 Å². The summed E-state index contributed by atoms with van der Waals surface area (Å²) in [5, 5.41) is 13.5. The molecule has 0 bridgehead atoms. The van der Waals surface area contributed by atoms with Crippen LogP contribution < -0.4 is 0 Å². The molecular formula is C16H20N2O4. The van der Waals surface area contributed by atoms with Crippen molar-refractivity contribution in [3.8, 4) is 0 Å². The van der Waals surface area contributed by atoms with Crippen LogP contribution in [0.3, 0.4) is 0 Å². The van der Waals surface area contributed by atoms with Gasteiger partial charge in [0.25, 0.3) is 5.91 Å². The third-order valence-electron chi connectivity index (χ3n) is 5.34. The van der Waals surface area contributed by atoms with Gasteiger partial charge < -0.3 is 14.5 Å². The summed E-state index contributed by atoms with van der Waals surface area (Å²) in [5.41, 5.74) is 0.828. The second kappa shape index (κ2) is 5.11. The number of hydrogen-bond donors (Lipinski definition) is 1. The Hall–Kier alpha value is -1.85. The molecule has 0 spiro atoms. The van der Waals surface area contributed by atoms with Crippen LogP contribution in [-0.4, -0.2) is 39.1 Å². The third-order valence-corrected chi connectivity index (χ3v) is 5.34. The molecule has 1 saturated heterocycles. The van der Waals surface area contributed by atoms with E-state index < -0.39 is 12.0 Å². The van der Waals surface area contributed by atoms with Gasteiger partial charge in [-0.05, 0) is 38.0 Å². The number of rotatable bonds is 3. The molecule has 0 aromatic carbocycles. The fourth-order valence-electron chi connectivity index (χ4n) is 4.06. The number of likely N-dealkylation sites (tertiary alicyclic amines) is 1. The highest BCUT2D eigenvalue weighted by Crippen LogP contribution is 2.42. The predicted molar refractivity (Wildman–Crippen MR) is 76.4 cm³/mol. The zero-order valence-corrected chi connectivity index (χ0v) is 12.4. The number of amides is 1. The molecule has 6 heteroatoms. The lowest BCUT2D eigenvalue weighted by atomic mass is 9.84. The second-order valence-electron chi connectivity index (χ2n) is 6.80. The van der Waals surface area contributed by atoms with E-state index in [1.54, 1.807) is 11.0 Å². The number of aliphatic carboxylic acids is 1. The number of carbonyl (C=O) groups is 2. The van der Waals surface area contributed by atoms with Crippen molar-refractivity contribution in [2.45, 2.75) is 62.9 Å². The highest BCUT2D eigenvalue weighted by Gasteiger charge is 2.48. The van der Waals surface area contributed by atoms with Crippen LogP contribution in [0.15, 0.2) is 10.6 Å². The number of carbonyl (C=O) groups excluding carboxylic acids is 1. The molecule has 1 aliphatic heterocycles. The van der Waals surface area contributed by atoms with Gasteiger partial charge in [-0.3, -0.25) is 4.79 Å². The first-order valence-electron chi connectivity index (χ1n) is 8.17. The summed E-state index contributed by atoms with van der Waals surface area (Å²) in [7, 11) is 0. The predicted octanol–water partition coefficient (Wildman–Crippen LogP) is 2.41. The smallest absolute Gasteiger partial charge is 0.326 e. The van der Waals surface area contributed by atoms with E-state index in [0.717, 1.165) is 44.2 Å². The topological polar surface area (TPSA) is 83.6 Å². The minimum atomic E-state index is -0.912. The first-order valence-corrected chi connectivity index (χ1v) is 8.17. The Bertz CT molecular complexity index is 607. The van der Waals surface area contributed by atoms with Crippen molar-refractivity contribution in [3.05, 3.63) is 17.5 Å². The standard InChI is InChI=1S/C16H20N2O4/c19-15(14-8-11(17-22-14)9-5-6-9)18-12-4-2-1-3-10(12)7-13(18)16(20)21/h8-10,12-13H,1-7H2,(H,20,21). The van der Waals surface area contributed by atoms with E-state index in [9.17, 15) is 14.7 Å². The Morgan fingerprint density at radius 3 is 2.73 bits per heavy atom. The maximum absolute atomic E-state index is 12.8. The molecule has 1 amide bonds. The van der Waals surface area contributed by atoms with Crippen molar-refractivity contribution in [2.24, 2.45) is 5.92 Å². The van der Waals surface area contributed by atoms with Crippen molar-refractivity contribution in [2.75, 3.05) is 0 Å². The van der Waals surface area contributed by atoms with Gasteiger partial charge in [0.15, 0.2) is 0 Å². The molecular weight excluding hydrogens is 284 g/mol. The summed E-state index contributed by atoms with van der Waals surface area (Å²) < 4.78 is 5.21. The summed E-state index contributed by atoms with van der Waals surface area (Å²) in [6.07, 6.45) is 6.84. The molecule has 3 atom stereocenters. The van der Waals surface area contributed by atoms with Crippen LogP contribution >= 0.6 is 0 Å². The lowest BCUT2D eigenvalue weighted by Gasteiger charge is -2.32. The molecule has 0 radical (unpaired) electrons. The Labute approximate surface area is 128 Å². The molecule has 1 N–H and O–H groups in total. The summed E-state index contributed by atoms with van der Waals surface area (Å²) in [5.74, 6) is -0.295. The highest BCUT2D eigenvalue weighted by atomic mass is 16.5. The lowest BCUT2D eigenvalue weighted by Crippen LogP contribution is -2.46. The van der Waals surface area contributed by atoms with E-state index in [0.29, 0.717) is 18.3 Å². The maximum atomic E-state index is 12.8. The van der Waals surface area contributed by atoms with E-state index in [4.69, 9.17) is 4.52 Å². The Morgan fingerprint density at radius 1 is 1.23 bits per heavy atom. The van der Waals surface area contributed by atoms with Crippen molar-refractivity contribution < 1.29 is 19.2 Å². The summed E-state index contributed by atoms with van der Waals surface area (Å²) in [6, 6.07) is 1.02. The van der Waals surface area contributed by atoms with E-state index >= 15 is 0 Å². The Balaban J connectivity index is 1.61. The average molecular weight is 304 g/mol. The second-order valence-corrected chi connectivity index (χ2v) is 6.80. The molecule has 6 nitrogen and oxygen atoms in total. The molecule has 4 rings (SSSR count). The minimum Gasteiger partial charge on any atom is -0.480 e. The molecule has 2 saturated carbocycles. The van der Waals surface area contributed by atoms with E-state index in [1.165, 1.54) is 0 Å². The monoisotopic (exact) mass is 304 g/mol. The summed E-state index contributed by atoms with van der Waals surface area (Å²) >= 11 is 0. The van der Waals surface area contributed by atoms with Crippen LogP contribution in [0, 0.1) is 5.92 Å². The van der Waals surface area contributed by atoms with Gasteiger partial charge in [-0.15, -0.1) is 0 Å². The Kier molecular flexibility index (Phi) is 3.20. The third kappa shape index (κ3) is 2.21. The summed E-state index contributed by atoms with van der Waals surface area (Å²) in [4.78, 5) is 25.9. The minimum absolute atomic E-state index is 0.0387. The fourth-order valence-corrected chi connectivity index (χ4v) is 4.06. The SMILES string of the molecule is O=C(O)C1CC2CCCCC2N1C(=O)c1cc(C2CC2)no1. The molecule has 1 aromatic heterocycles. The average Bonchev–Trinajstić information content (AvgIpc) is 3.12. The molecule has 2 heterocycles. The molecule has 3 aliphatic rings. The van der Waals surface area contributed by atoms with Crippen molar-refractivity contribution in [1.29, 1.82) is 0 Å². The van der Waals surface area contributed by atoms with Crippen LogP contribution in [0.1, 0.15) is 67.1 Å². The quantitative estimate of drug-likeness (QED) is 0.927. The van der Waals surface area contributed by atoms with Crippen molar-refractivity contribution in [3.63, 3.8) is 0 Å². The number of fused-ring (bicyclic) bond motifs is 1. The van der Waals surface area contributed by atoms with Gasteiger partial charge >= 0.3 is 5.97 Å². The van der Waals surface area contributed by atoms with Gasteiger partial charge in [-0.1, -0.05) is 18.0 Å². The van der Waals surface area contributed by atoms with E-state index in [2.05, 4.69) is 5.16 Å². The first-order chi connectivity index (χ1) is 10.6. The van der Waals surface area contributed by atoms with Crippen molar-refractivity contribution in [1.82, 2.24) is 10.1 Å². The van der Waals surface area contributed by atoms with Crippen LogP contribution in [0.4, 0.5) is 0 Å². The van der Waals surface area contributed by atoms with Gasteiger partial charge in [-0.2, -0.15) is 0 Å². The van der Waals surface area contributed by atoms with Crippen LogP contribution in [0.2, 0.25) is 0 Å². The number of carboxylic acid groups (broad SMARTS) is 1. The van der Waals surface area contributed by atoms with Gasteiger partial charge in [0.1, 0.15) is 6.04 Å². The number of nitrogens with zero attached hydrogens (tertiary/aromatic N) is 2. The largest absolute Gasteiger partial charge is 0.480 e. The zero-order chi connectivity index (χ0) is 15.3. The van der Waals surface area contributed by atoms with Gasteiger partial charge in [-0.25, -0.2) is 4.79 Å². The molecule has 3 unspecified atom stereocenters. The number of aromatic nitrogens is 1. The number of carboxylic acids is 1. The number of hydrogen-bond acceptors (Lipinski definition) is 4. The molecule has 118 valence electrons. The van der Waals surface area contributed by atoms with Crippen LogP contribution in [-0.2, 0) is 4.79 Å². The van der Waals surface area contributed by atoms with E-state index in [-0.39, 0.29) is 17.7 Å². The molecule has 3 fully saturated rings. The summed E-state index contributed by atoms with van der Waals surface area (Å²) in [6.45, 7) is 0. The maximum Gasteiger partial charge on any atom is 0.326 e. The Morgan fingerprint density at radius 2 is 2.00 bits per heavy atom. The first kappa shape index (κ1) is 13.8. The van der Waals surface area contributed by atoms with Crippen molar-refractivity contribution >= 4 is 11.9 Å². The molecule has 22 heavy (non-hydrogen) atoms. The highest BCUT2D eigenvalue weighted by molar-refractivity contribution is 5.95. The lowest BCUT2D eigenvalue weighted by molar-refractivity contribution is -0.141. The zero-order valence-electron chi connectivity index (χ0n) is 12.4. The normalized spacial score (nSPS) is 31.1. The van der Waals surface area contributed by atoms with E-state index in [1.807, 2.05) is 0 Å². The van der Waals surface area contributed by atoms with Crippen LogP contribution in [0.25, 0.3) is 0 Å². The molecule has 2 aliphatic carbocycles. The van der Waals surface area contributed by atoms with Crippen LogP contribution in [0.5, 0.6) is 0 Å².